The minimum Gasteiger partial charge on any atom is -0.0654 e. The normalized spacial score (nSPS) is 17.8. The molecule has 0 N–H and O–H groups in total. The van der Waals surface area contributed by atoms with Gasteiger partial charge in [-0.1, -0.05) is 60.3 Å². The summed E-state index contributed by atoms with van der Waals surface area (Å²) in [5, 5.41) is 0. The van der Waals surface area contributed by atoms with E-state index in [0.717, 1.165) is 17.8 Å². The Labute approximate surface area is 91.5 Å². The summed E-state index contributed by atoms with van der Waals surface area (Å²) in [6, 6.07) is 0. The van der Waals surface area contributed by atoms with Gasteiger partial charge in [0.05, 0.1) is 0 Å². The predicted octanol–water partition coefficient (Wildman–Crippen LogP) is 5.28. The molecule has 0 aromatic heterocycles. The Morgan fingerprint density at radius 3 is 1.79 bits per heavy atom. The van der Waals surface area contributed by atoms with Crippen LogP contribution in [0.2, 0.25) is 0 Å². The van der Waals surface area contributed by atoms with Crippen LogP contribution in [0.5, 0.6) is 0 Å². The summed E-state index contributed by atoms with van der Waals surface area (Å²) < 4.78 is 0. The minimum absolute atomic E-state index is 0.925. The van der Waals surface area contributed by atoms with Gasteiger partial charge in [0.2, 0.25) is 0 Å². The van der Waals surface area contributed by atoms with Crippen molar-refractivity contribution in [2.45, 2.75) is 73.1 Å². The van der Waals surface area contributed by atoms with Crippen molar-refractivity contribution in [3.8, 4) is 0 Å². The molecule has 0 spiro atoms. The fraction of sp³-hybridized carbons (Fsp3) is 1.00. The molecule has 0 rings (SSSR count). The highest BCUT2D eigenvalue weighted by atomic mass is 14.2. The lowest BCUT2D eigenvalue weighted by atomic mass is 9.84. The molecular weight excluding hydrogens is 168 g/mol. The van der Waals surface area contributed by atoms with Gasteiger partial charge in [-0.05, 0) is 30.6 Å². The lowest BCUT2D eigenvalue weighted by Crippen LogP contribution is -2.09. The van der Waals surface area contributed by atoms with Crippen LogP contribution in [0.4, 0.5) is 0 Å². The van der Waals surface area contributed by atoms with Crippen molar-refractivity contribution in [2.75, 3.05) is 0 Å². The molecule has 0 saturated heterocycles. The van der Waals surface area contributed by atoms with Crippen molar-refractivity contribution >= 4 is 0 Å². The van der Waals surface area contributed by atoms with Gasteiger partial charge in [-0.15, -0.1) is 0 Å². The summed E-state index contributed by atoms with van der Waals surface area (Å²) in [7, 11) is 0. The molecule has 86 valence electrons. The maximum absolute atomic E-state index is 2.42. The second kappa shape index (κ2) is 8.32. The first-order chi connectivity index (χ1) is 6.63. The lowest BCUT2D eigenvalue weighted by molar-refractivity contribution is 0.302. The third kappa shape index (κ3) is 6.45. The van der Waals surface area contributed by atoms with Crippen LogP contribution in [0.15, 0.2) is 0 Å². The van der Waals surface area contributed by atoms with Crippen molar-refractivity contribution in [3.63, 3.8) is 0 Å². The van der Waals surface area contributed by atoms with E-state index in [2.05, 4.69) is 34.6 Å². The van der Waals surface area contributed by atoms with E-state index in [1.54, 1.807) is 0 Å². The molecule has 0 aliphatic rings. The van der Waals surface area contributed by atoms with Crippen molar-refractivity contribution in [2.24, 2.45) is 17.8 Å². The van der Waals surface area contributed by atoms with E-state index in [1.165, 1.54) is 38.5 Å². The quantitative estimate of drug-likeness (QED) is 0.498. The maximum atomic E-state index is 2.42. The van der Waals surface area contributed by atoms with Crippen LogP contribution < -0.4 is 0 Å². The summed E-state index contributed by atoms with van der Waals surface area (Å²) in [4.78, 5) is 0. The van der Waals surface area contributed by atoms with E-state index < -0.39 is 0 Å². The van der Waals surface area contributed by atoms with Crippen LogP contribution in [0.25, 0.3) is 0 Å². The molecular formula is C14H30. The molecule has 0 aromatic carbocycles. The fourth-order valence-electron chi connectivity index (χ4n) is 2.34. The molecule has 0 radical (unpaired) electrons. The second-order valence-electron chi connectivity index (χ2n) is 5.15. The average molecular weight is 198 g/mol. The van der Waals surface area contributed by atoms with Crippen LogP contribution >= 0.6 is 0 Å². The van der Waals surface area contributed by atoms with Crippen LogP contribution in [-0.4, -0.2) is 0 Å². The molecule has 3 atom stereocenters. The number of hydrogen-bond acceptors (Lipinski definition) is 0. The summed E-state index contributed by atoms with van der Waals surface area (Å²) in [5.74, 6) is 2.84. The Kier molecular flexibility index (Phi) is 8.32. The SMILES string of the molecule is CCCC(C)CC(CC)CC(C)CC. The zero-order chi connectivity index (χ0) is 11.0. The molecule has 0 aliphatic heterocycles. The third-order valence-corrected chi connectivity index (χ3v) is 3.53. The Morgan fingerprint density at radius 1 is 0.786 bits per heavy atom. The van der Waals surface area contributed by atoms with Crippen molar-refractivity contribution < 1.29 is 0 Å². The van der Waals surface area contributed by atoms with Gasteiger partial charge in [0.15, 0.2) is 0 Å². The summed E-state index contributed by atoms with van der Waals surface area (Å²) >= 11 is 0. The summed E-state index contributed by atoms with van der Waals surface area (Å²) in [6.07, 6.45) is 8.38. The smallest absolute Gasteiger partial charge is 0.0412 e. The Morgan fingerprint density at radius 2 is 1.36 bits per heavy atom. The predicted molar refractivity (Wildman–Crippen MR) is 66.5 cm³/mol. The van der Waals surface area contributed by atoms with E-state index in [4.69, 9.17) is 0 Å². The standard InChI is InChI=1S/C14H30/c1-6-9-13(5)11-14(8-3)10-12(4)7-2/h12-14H,6-11H2,1-5H3. The molecule has 14 heavy (non-hydrogen) atoms. The maximum Gasteiger partial charge on any atom is -0.0412 e. The monoisotopic (exact) mass is 198 g/mol. The zero-order valence-corrected chi connectivity index (χ0v) is 11.0. The Hall–Kier alpha value is 0. The molecule has 0 aromatic rings. The van der Waals surface area contributed by atoms with E-state index >= 15 is 0 Å². The first kappa shape index (κ1) is 14.0. The van der Waals surface area contributed by atoms with Crippen molar-refractivity contribution in [3.05, 3.63) is 0 Å². The van der Waals surface area contributed by atoms with Crippen LogP contribution in [0.1, 0.15) is 73.1 Å². The van der Waals surface area contributed by atoms with Gasteiger partial charge < -0.3 is 0 Å². The van der Waals surface area contributed by atoms with Gasteiger partial charge in [-0.25, -0.2) is 0 Å². The largest absolute Gasteiger partial charge is 0.0654 e. The van der Waals surface area contributed by atoms with Crippen molar-refractivity contribution in [1.82, 2.24) is 0 Å². The molecule has 3 unspecified atom stereocenters. The molecule has 0 aliphatic carbocycles. The second-order valence-corrected chi connectivity index (χ2v) is 5.15. The third-order valence-electron chi connectivity index (χ3n) is 3.53. The summed E-state index contributed by atoms with van der Waals surface area (Å²) in [6.45, 7) is 11.8. The van der Waals surface area contributed by atoms with Gasteiger partial charge in [0, 0.05) is 0 Å². The van der Waals surface area contributed by atoms with Gasteiger partial charge in [0.1, 0.15) is 0 Å². The van der Waals surface area contributed by atoms with Gasteiger partial charge in [-0.2, -0.15) is 0 Å². The number of hydrogen-bond donors (Lipinski definition) is 0. The highest BCUT2D eigenvalue weighted by Gasteiger charge is 2.13. The number of rotatable bonds is 8. The van der Waals surface area contributed by atoms with Gasteiger partial charge >= 0.3 is 0 Å². The fourth-order valence-corrected chi connectivity index (χ4v) is 2.34. The average Bonchev–Trinajstić information content (AvgIpc) is 2.16. The topological polar surface area (TPSA) is 0 Å². The lowest BCUT2D eigenvalue weighted by Gasteiger charge is -2.22. The van der Waals surface area contributed by atoms with E-state index in [9.17, 15) is 0 Å². The van der Waals surface area contributed by atoms with Gasteiger partial charge in [0.25, 0.3) is 0 Å². The van der Waals surface area contributed by atoms with Crippen molar-refractivity contribution in [1.29, 1.82) is 0 Å². The van der Waals surface area contributed by atoms with Gasteiger partial charge in [-0.3, -0.25) is 0 Å². The van der Waals surface area contributed by atoms with E-state index in [0.29, 0.717) is 0 Å². The Bertz CT molecular complexity index is 117. The molecule has 0 amide bonds. The van der Waals surface area contributed by atoms with Crippen LogP contribution in [0.3, 0.4) is 0 Å². The molecule has 0 bridgehead atoms. The molecule has 0 nitrogen and oxygen atoms in total. The van der Waals surface area contributed by atoms with E-state index in [-0.39, 0.29) is 0 Å². The molecule has 0 heterocycles. The highest BCUT2D eigenvalue weighted by Crippen LogP contribution is 2.26. The molecule has 0 fully saturated rings. The molecule has 0 saturated carbocycles. The zero-order valence-electron chi connectivity index (χ0n) is 11.0. The van der Waals surface area contributed by atoms with Crippen LogP contribution in [0, 0.1) is 17.8 Å². The van der Waals surface area contributed by atoms with E-state index in [1.807, 2.05) is 0 Å². The highest BCUT2D eigenvalue weighted by molar-refractivity contribution is 4.65. The minimum atomic E-state index is 0.925. The Balaban J connectivity index is 3.77. The van der Waals surface area contributed by atoms with Crippen LogP contribution in [-0.2, 0) is 0 Å². The summed E-state index contributed by atoms with van der Waals surface area (Å²) in [5.41, 5.74) is 0. The first-order valence-electron chi connectivity index (χ1n) is 6.63. The molecule has 0 heteroatoms. The first-order valence-corrected chi connectivity index (χ1v) is 6.63.